The fraction of sp³-hybridized carbons (Fsp3) is 0.538. The van der Waals surface area contributed by atoms with E-state index in [4.69, 9.17) is 4.74 Å². The van der Waals surface area contributed by atoms with Gasteiger partial charge in [0.2, 0.25) is 0 Å². The molecule has 0 amide bonds. The van der Waals surface area contributed by atoms with Crippen LogP contribution in [-0.2, 0) is 12.6 Å². The highest BCUT2D eigenvalue weighted by Crippen LogP contribution is 2.38. The van der Waals surface area contributed by atoms with Crippen LogP contribution in [0.25, 0.3) is 0 Å². The zero-order valence-corrected chi connectivity index (χ0v) is 12.1. The average molecular weight is 338 g/mol. The van der Waals surface area contributed by atoms with Crippen LogP contribution >= 0.6 is 15.9 Å². The van der Waals surface area contributed by atoms with E-state index < -0.39 is 11.7 Å². The van der Waals surface area contributed by atoms with Gasteiger partial charge in [0, 0.05) is 6.04 Å². The van der Waals surface area contributed by atoms with Gasteiger partial charge in [-0.25, -0.2) is 0 Å². The summed E-state index contributed by atoms with van der Waals surface area (Å²) in [5.74, 6) is 0.204. The van der Waals surface area contributed by atoms with Gasteiger partial charge in [0.1, 0.15) is 5.75 Å². The quantitative estimate of drug-likeness (QED) is 0.906. The third-order valence-corrected chi connectivity index (χ3v) is 3.93. The van der Waals surface area contributed by atoms with E-state index in [1.165, 1.54) is 13.2 Å². The highest BCUT2D eigenvalue weighted by molar-refractivity contribution is 9.10. The molecule has 0 radical (unpaired) electrons. The van der Waals surface area contributed by atoms with Crippen molar-refractivity contribution < 1.29 is 17.9 Å². The molecule has 0 aliphatic carbocycles. The minimum atomic E-state index is -4.36. The second-order valence-corrected chi connectivity index (χ2v) is 5.49. The van der Waals surface area contributed by atoms with E-state index in [9.17, 15) is 13.2 Å². The molecule has 0 saturated carbocycles. The largest absolute Gasteiger partial charge is 0.496 e. The molecule has 1 aromatic carbocycles. The Morgan fingerprint density at radius 2 is 2.16 bits per heavy atom. The van der Waals surface area contributed by atoms with Crippen LogP contribution in [0.3, 0.4) is 0 Å². The van der Waals surface area contributed by atoms with E-state index in [0.717, 1.165) is 25.5 Å². The molecular formula is C13H15BrF3NO. The second kappa shape index (κ2) is 5.71. The molecule has 1 saturated heterocycles. The molecule has 1 fully saturated rings. The molecule has 2 nitrogen and oxygen atoms in total. The predicted molar refractivity (Wildman–Crippen MR) is 70.4 cm³/mol. The van der Waals surface area contributed by atoms with Crippen LogP contribution in [0.1, 0.15) is 24.0 Å². The Morgan fingerprint density at radius 1 is 1.42 bits per heavy atom. The monoisotopic (exact) mass is 337 g/mol. The highest BCUT2D eigenvalue weighted by Gasteiger charge is 2.35. The molecular weight excluding hydrogens is 323 g/mol. The van der Waals surface area contributed by atoms with Gasteiger partial charge in [-0.3, -0.25) is 0 Å². The SMILES string of the molecule is COc1cc(C(F)(F)F)c(CC2CCCN2)cc1Br. The molecule has 0 bridgehead atoms. The summed E-state index contributed by atoms with van der Waals surface area (Å²) in [6.45, 7) is 0.878. The molecule has 1 aliphatic rings. The van der Waals surface area contributed by atoms with Gasteiger partial charge in [-0.1, -0.05) is 0 Å². The maximum atomic E-state index is 13.1. The minimum absolute atomic E-state index is 0.126. The summed E-state index contributed by atoms with van der Waals surface area (Å²) in [7, 11) is 1.36. The first-order chi connectivity index (χ1) is 8.91. The van der Waals surface area contributed by atoms with E-state index in [1.807, 2.05) is 0 Å². The van der Waals surface area contributed by atoms with Gasteiger partial charge in [-0.05, 0) is 59.4 Å². The summed E-state index contributed by atoms with van der Waals surface area (Å²) in [5, 5.41) is 3.22. The lowest BCUT2D eigenvalue weighted by Gasteiger charge is -2.18. The van der Waals surface area contributed by atoms with Crippen molar-refractivity contribution in [2.75, 3.05) is 13.7 Å². The van der Waals surface area contributed by atoms with Crippen molar-refractivity contribution in [2.45, 2.75) is 31.5 Å². The second-order valence-electron chi connectivity index (χ2n) is 4.64. The first-order valence-electron chi connectivity index (χ1n) is 6.09. The van der Waals surface area contributed by atoms with Crippen LogP contribution in [0.4, 0.5) is 13.2 Å². The van der Waals surface area contributed by atoms with Crippen LogP contribution in [-0.4, -0.2) is 19.7 Å². The van der Waals surface area contributed by atoms with Gasteiger partial charge in [-0.15, -0.1) is 0 Å². The lowest BCUT2D eigenvalue weighted by molar-refractivity contribution is -0.138. The number of methoxy groups -OCH3 is 1. The minimum Gasteiger partial charge on any atom is -0.496 e. The van der Waals surface area contributed by atoms with E-state index in [-0.39, 0.29) is 11.8 Å². The van der Waals surface area contributed by atoms with Gasteiger partial charge in [0.25, 0.3) is 0 Å². The highest BCUT2D eigenvalue weighted by atomic mass is 79.9. The Morgan fingerprint density at radius 3 is 2.68 bits per heavy atom. The lowest BCUT2D eigenvalue weighted by Crippen LogP contribution is -2.25. The number of benzene rings is 1. The zero-order valence-electron chi connectivity index (χ0n) is 10.5. The van der Waals surface area contributed by atoms with Crippen molar-refractivity contribution >= 4 is 15.9 Å². The van der Waals surface area contributed by atoms with Crippen molar-refractivity contribution in [3.8, 4) is 5.75 Å². The molecule has 1 aliphatic heterocycles. The normalized spacial score (nSPS) is 19.7. The Bertz CT molecular complexity index is 456. The van der Waals surface area contributed by atoms with Gasteiger partial charge in [-0.2, -0.15) is 13.2 Å². The maximum Gasteiger partial charge on any atom is 0.416 e. The van der Waals surface area contributed by atoms with E-state index in [0.29, 0.717) is 16.5 Å². The molecule has 19 heavy (non-hydrogen) atoms. The number of ether oxygens (including phenoxy) is 1. The van der Waals surface area contributed by atoms with Crippen molar-refractivity contribution in [1.29, 1.82) is 0 Å². The summed E-state index contributed by atoms with van der Waals surface area (Å²) in [5.41, 5.74) is -0.305. The van der Waals surface area contributed by atoms with E-state index in [2.05, 4.69) is 21.2 Å². The number of hydrogen-bond donors (Lipinski definition) is 1. The summed E-state index contributed by atoms with van der Waals surface area (Å²) in [6.07, 6.45) is -2.04. The molecule has 106 valence electrons. The third-order valence-electron chi connectivity index (χ3n) is 3.31. The molecule has 1 N–H and O–H groups in total. The van der Waals surface area contributed by atoms with Crippen LogP contribution in [0.5, 0.6) is 5.75 Å². The molecule has 1 unspecified atom stereocenters. The summed E-state index contributed by atoms with van der Waals surface area (Å²) in [4.78, 5) is 0. The van der Waals surface area contributed by atoms with Crippen molar-refractivity contribution in [1.82, 2.24) is 5.32 Å². The summed E-state index contributed by atoms with van der Waals surface area (Å²) < 4.78 is 44.7. The number of hydrogen-bond acceptors (Lipinski definition) is 2. The van der Waals surface area contributed by atoms with E-state index >= 15 is 0 Å². The molecule has 1 heterocycles. The van der Waals surface area contributed by atoms with Crippen LogP contribution in [0, 0.1) is 0 Å². The smallest absolute Gasteiger partial charge is 0.416 e. The van der Waals surface area contributed by atoms with Gasteiger partial charge < -0.3 is 10.1 Å². The van der Waals surface area contributed by atoms with Crippen LogP contribution < -0.4 is 10.1 Å². The molecule has 1 aromatic rings. The molecule has 1 atom stereocenters. The van der Waals surface area contributed by atoms with Crippen LogP contribution in [0.2, 0.25) is 0 Å². The fourth-order valence-electron chi connectivity index (χ4n) is 2.38. The summed E-state index contributed by atoms with van der Waals surface area (Å²) in [6, 6.07) is 2.71. The maximum absolute atomic E-state index is 13.1. The molecule has 0 spiro atoms. The van der Waals surface area contributed by atoms with Gasteiger partial charge in [0.15, 0.2) is 0 Å². The van der Waals surface area contributed by atoms with Gasteiger partial charge >= 0.3 is 6.18 Å². The Kier molecular flexibility index (Phi) is 4.40. The Labute approximate surface area is 118 Å². The zero-order chi connectivity index (χ0) is 14.0. The topological polar surface area (TPSA) is 21.3 Å². The fourth-order valence-corrected chi connectivity index (χ4v) is 2.93. The standard InChI is InChI=1S/C13H15BrF3NO/c1-19-12-7-10(13(15,16)17)8(6-11(12)14)5-9-3-2-4-18-9/h6-7,9,18H,2-5H2,1H3. The first kappa shape index (κ1) is 14.7. The predicted octanol–water partition coefficient (Wildman–Crippen LogP) is 3.77. The lowest BCUT2D eigenvalue weighted by atomic mass is 9.98. The number of rotatable bonds is 3. The number of halogens is 4. The van der Waals surface area contributed by atoms with Gasteiger partial charge in [0.05, 0.1) is 17.1 Å². The number of alkyl halides is 3. The Hall–Kier alpha value is -0.750. The Balaban J connectivity index is 2.36. The third kappa shape index (κ3) is 3.42. The van der Waals surface area contributed by atoms with E-state index in [1.54, 1.807) is 0 Å². The average Bonchev–Trinajstić information content (AvgIpc) is 2.80. The van der Waals surface area contributed by atoms with Crippen molar-refractivity contribution in [2.24, 2.45) is 0 Å². The molecule has 0 aromatic heterocycles. The molecule has 6 heteroatoms. The van der Waals surface area contributed by atoms with Crippen LogP contribution in [0.15, 0.2) is 16.6 Å². The summed E-state index contributed by atoms with van der Waals surface area (Å²) >= 11 is 3.24. The first-order valence-corrected chi connectivity index (χ1v) is 6.88. The number of nitrogens with one attached hydrogen (secondary N) is 1. The molecule has 2 rings (SSSR count). The van der Waals surface area contributed by atoms with Crippen molar-refractivity contribution in [3.05, 3.63) is 27.7 Å². The van der Waals surface area contributed by atoms with Crippen molar-refractivity contribution in [3.63, 3.8) is 0 Å².